The van der Waals surface area contributed by atoms with Crippen molar-refractivity contribution in [1.82, 2.24) is 14.8 Å². The molecule has 20 heavy (non-hydrogen) atoms. The van der Waals surface area contributed by atoms with Crippen LogP contribution in [-0.4, -0.2) is 25.8 Å². The van der Waals surface area contributed by atoms with E-state index in [2.05, 4.69) is 10.2 Å². The predicted octanol–water partition coefficient (Wildman–Crippen LogP) is 2.51. The van der Waals surface area contributed by atoms with Crippen LogP contribution in [0.25, 0.3) is 6.08 Å². The molecule has 0 aliphatic rings. The van der Waals surface area contributed by atoms with Crippen LogP contribution in [0.4, 0.5) is 0 Å². The van der Waals surface area contributed by atoms with Crippen LogP contribution in [0.3, 0.4) is 0 Å². The fourth-order valence-corrected chi connectivity index (χ4v) is 2.47. The number of carboxylic acid groups (broad SMARTS) is 1. The molecule has 1 heterocycles. The third-order valence-corrected chi connectivity index (χ3v) is 3.91. The largest absolute Gasteiger partial charge is 0.478 e. The first kappa shape index (κ1) is 14.3. The van der Waals surface area contributed by atoms with Gasteiger partial charge in [0, 0.05) is 18.9 Å². The molecule has 0 saturated heterocycles. The van der Waals surface area contributed by atoms with Gasteiger partial charge >= 0.3 is 5.97 Å². The Balaban J connectivity index is 1.97. The Morgan fingerprint density at radius 2 is 2.05 bits per heavy atom. The second-order valence-corrected chi connectivity index (χ2v) is 5.23. The summed E-state index contributed by atoms with van der Waals surface area (Å²) in [6, 6.07) is 7.77. The Morgan fingerprint density at radius 1 is 1.35 bits per heavy atom. The van der Waals surface area contributed by atoms with Gasteiger partial charge in [-0.05, 0) is 24.1 Å². The van der Waals surface area contributed by atoms with Crippen molar-refractivity contribution in [3.8, 4) is 0 Å². The summed E-state index contributed by atoms with van der Waals surface area (Å²) in [5.41, 5.74) is 2.03. The molecule has 5 nitrogen and oxygen atoms in total. The van der Waals surface area contributed by atoms with Gasteiger partial charge in [-0.1, -0.05) is 36.0 Å². The topological polar surface area (TPSA) is 68.0 Å². The maximum Gasteiger partial charge on any atom is 0.328 e. The van der Waals surface area contributed by atoms with Crippen LogP contribution < -0.4 is 0 Å². The van der Waals surface area contributed by atoms with E-state index in [9.17, 15) is 4.79 Å². The van der Waals surface area contributed by atoms with Crippen LogP contribution >= 0.6 is 11.8 Å². The maximum absolute atomic E-state index is 10.4. The summed E-state index contributed by atoms with van der Waals surface area (Å²) in [6.45, 7) is 1.92. The van der Waals surface area contributed by atoms with Crippen molar-refractivity contribution in [2.75, 3.05) is 0 Å². The van der Waals surface area contributed by atoms with Crippen molar-refractivity contribution in [2.24, 2.45) is 7.05 Å². The summed E-state index contributed by atoms with van der Waals surface area (Å²) < 4.78 is 1.95. The zero-order valence-corrected chi connectivity index (χ0v) is 12.1. The fraction of sp³-hybridized carbons (Fsp3) is 0.214. The molecule has 104 valence electrons. The summed E-state index contributed by atoms with van der Waals surface area (Å²) in [5, 5.41) is 17.6. The highest BCUT2D eigenvalue weighted by Gasteiger charge is 2.05. The van der Waals surface area contributed by atoms with Crippen LogP contribution in [0.2, 0.25) is 0 Å². The van der Waals surface area contributed by atoms with E-state index in [4.69, 9.17) is 5.11 Å². The van der Waals surface area contributed by atoms with Crippen molar-refractivity contribution in [2.45, 2.75) is 17.8 Å². The van der Waals surface area contributed by atoms with E-state index in [1.165, 1.54) is 0 Å². The first-order valence-electron chi connectivity index (χ1n) is 6.05. The number of aryl methyl sites for hydroxylation is 1. The lowest BCUT2D eigenvalue weighted by Gasteiger charge is -2.02. The molecule has 0 saturated carbocycles. The average Bonchev–Trinajstić information content (AvgIpc) is 2.75. The highest BCUT2D eigenvalue weighted by molar-refractivity contribution is 7.98. The van der Waals surface area contributed by atoms with Crippen LogP contribution in [0.5, 0.6) is 0 Å². The first-order chi connectivity index (χ1) is 9.56. The summed E-state index contributed by atoms with van der Waals surface area (Å²) in [6.07, 6.45) is 2.71. The lowest BCUT2D eigenvalue weighted by Crippen LogP contribution is -1.93. The molecule has 0 aliphatic heterocycles. The number of nitrogens with zero attached hydrogens (tertiary/aromatic N) is 3. The fourth-order valence-electron chi connectivity index (χ4n) is 1.55. The molecule has 0 unspecified atom stereocenters. The third kappa shape index (κ3) is 3.71. The Morgan fingerprint density at radius 3 is 2.60 bits per heavy atom. The van der Waals surface area contributed by atoms with Crippen LogP contribution in [0.1, 0.15) is 17.0 Å². The molecule has 2 rings (SSSR count). The second-order valence-electron chi connectivity index (χ2n) is 4.29. The number of aromatic nitrogens is 3. The zero-order valence-electron chi connectivity index (χ0n) is 11.3. The summed E-state index contributed by atoms with van der Waals surface area (Å²) >= 11 is 1.62. The minimum Gasteiger partial charge on any atom is -0.478 e. The van der Waals surface area contributed by atoms with Crippen molar-refractivity contribution in [3.63, 3.8) is 0 Å². The predicted molar refractivity (Wildman–Crippen MR) is 78.4 cm³/mol. The molecule has 0 atom stereocenters. The second kappa shape index (κ2) is 6.38. The van der Waals surface area contributed by atoms with E-state index in [1.54, 1.807) is 17.8 Å². The molecule has 0 radical (unpaired) electrons. The number of thioether (sulfide) groups is 1. The van der Waals surface area contributed by atoms with Gasteiger partial charge in [0.1, 0.15) is 5.82 Å². The lowest BCUT2D eigenvalue weighted by molar-refractivity contribution is -0.131. The Kier molecular flexibility index (Phi) is 4.57. The third-order valence-electron chi connectivity index (χ3n) is 2.82. The highest BCUT2D eigenvalue weighted by atomic mass is 32.2. The SMILES string of the molecule is Cc1nnc(SCc2ccc(C=CC(=O)O)cc2)n1C. The zero-order chi connectivity index (χ0) is 14.5. The molecule has 0 spiro atoms. The van der Waals surface area contributed by atoms with Gasteiger partial charge in [-0.3, -0.25) is 0 Å². The highest BCUT2D eigenvalue weighted by Crippen LogP contribution is 2.21. The van der Waals surface area contributed by atoms with Gasteiger partial charge in [-0.15, -0.1) is 10.2 Å². The molecule has 6 heteroatoms. The summed E-state index contributed by atoms with van der Waals surface area (Å²) in [4.78, 5) is 10.4. The number of carboxylic acids is 1. The van der Waals surface area contributed by atoms with Crippen molar-refractivity contribution in [3.05, 3.63) is 47.3 Å². The minimum atomic E-state index is -0.942. The molecule has 1 aromatic carbocycles. The van der Waals surface area contributed by atoms with Crippen LogP contribution in [0, 0.1) is 6.92 Å². The number of hydrogen-bond donors (Lipinski definition) is 1. The van der Waals surface area contributed by atoms with E-state index in [-0.39, 0.29) is 0 Å². The first-order valence-corrected chi connectivity index (χ1v) is 7.03. The molecule has 1 aromatic heterocycles. The summed E-state index contributed by atoms with van der Waals surface area (Å²) in [5.74, 6) is 0.749. The quantitative estimate of drug-likeness (QED) is 0.676. The van der Waals surface area contributed by atoms with Gasteiger partial charge in [0.15, 0.2) is 5.16 Å². The maximum atomic E-state index is 10.4. The molecule has 0 aliphatic carbocycles. The number of aliphatic carboxylic acids is 1. The van der Waals surface area contributed by atoms with E-state index in [1.807, 2.05) is 42.8 Å². The Labute approximate surface area is 121 Å². The van der Waals surface area contributed by atoms with Gasteiger partial charge < -0.3 is 9.67 Å². The Bertz CT molecular complexity index is 632. The average molecular weight is 289 g/mol. The smallest absolute Gasteiger partial charge is 0.328 e. The van der Waals surface area contributed by atoms with E-state index >= 15 is 0 Å². The summed E-state index contributed by atoms with van der Waals surface area (Å²) in [7, 11) is 1.94. The number of carbonyl (C=O) groups is 1. The molecular formula is C14H15N3O2S. The van der Waals surface area contributed by atoms with E-state index in [0.29, 0.717) is 0 Å². The van der Waals surface area contributed by atoms with Gasteiger partial charge in [0.25, 0.3) is 0 Å². The van der Waals surface area contributed by atoms with Crippen molar-refractivity contribution in [1.29, 1.82) is 0 Å². The number of rotatable bonds is 5. The lowest BCUT2D eigenvalue weighted by atomic mass is 10.1. The van der Waals surface area contributed by atoms with Crippen molar-refractivity contribution >= 4 is 23.8 Å². The van der Waals surface area contributed by atoms with Gasteiger partial charge in [-0.25, -0.2) is 4.79 Å². The molecule has 0 amide bonds. The molecule has 0 fully saturated rings. The van der Waals surface area contributed by atoms with Crippen LogP contribution in [0.15, 0.2) is 35.5 Å². The number of hydrogen-bond acceptors (Lipinski definition) is 4. The van der Waals surface area contributed by atoms with E-state index in [0.717, 1.165) is 33.9 Å². The minimum absolute atomic E-state index is 0.800. The monoisotopic (exact) mass is 289 g/mol. The van der Waals surface area contributed by atoms with Crippen LogP contribution in [-0.2, 0) is 17.6 Å². The molecule has 0 bridgehead atoms. The van der Waals surface area contributed by atoms with Crippen molar-refractivity contribution < 1.29 is 9.90 Å². The molecule has 1 N–H and O–H groups in total. The molecular weight excluding hydrogens is 274 g/mol. The number of benzene rings is 1. The standard InChI is InChI=1S/C14H15N3O2S/c1-10-15-16-14(17(10)2)20-9-12-5-3-11(4-6-12)7-8-13(18)19/h3-8H,9H2,1-2H3,(H,18,19). The Hall–Kier alpha value is -2.08. The normalized spacial score (nSPS) is 11.1. The van der Waals surface area contributed by atoms with Gasteiger partial charge in [-0.2, -0.15) is 0 Å². The van der Waals surface area contributed by atoms with Gasteiger partial charge in [0.2, 0.25) is 0 Å². The van der Waals surface area contributed by atoms with E-state index < -0.39 is 5.97 Å². The van der Waals surface area contributed by atoms with Gasteiger partial charge in [0.05, 0.1) is 0 Å². The molecule has 2 aromatic rings.